The van der Waals surface area contributed by atoms with Crippen LogP contribution in [-0.2, 0) is 0 Å². The molecule has 54 heavy (non-hydrogen) atoms. The highest BCUT2D eigenvalue weighted by molar-refractivity contribution is 6.09. The van der Waals surface area contributed by atoms with Crippen molar-refractivity contribution in [2.75, 3.05) is 0 Å². The summed E-state index contributed by atoms with van der Waals surface area (Å²) in [5.41, 5.74) is 6.73. The monoisotopic (exact) mass is 694 g/mol. The van der Waals surface area contributed by atoms with Gasteiger partial charge in [-0.3, -0.25) is 0 Å². The van der Waals surface area contributed by atoms with E-state index in [-0.39, 0.29) is 28.4 Å². The Labute approximate surface area is 323 Å². The highest BCUT2D eigenvalue weighted by Crippen LogP contribution is 2.42. The minimum Gasteiger partial charge on any atom is -0.208 e. The Bertz CT molecular complexity index is 3390. The van der Waals surface area contributed by atoms with Crippen LogP contribution >= 0.6 is 0 Å². The van der Waals surface area contributed by atoms with Gasteiger partial charge in [0.15, 0.2) is 17.5 Å². The number of aromatic nitrogens is 3. The van der Waals surface area contributed by atoms with Crippen molar-refractivity contribution in [3.63, 3.8) is 0 Å². The van der Waals surface area contributed by atoms with Gasteiger partial charge in [-0.15, -0.1) is 0 Å². The van der Waals surface area contributed by atoms with Crippen LogP contribution < -0.4 is 0 Å². The topological polar surface area (TPSA) is 38.7 Å². The van der Waals surface area contributed by atoms with Crippen molar-refractivity contribution in [1.82, 2.24) is 15.0 Å². The molecule has 0 fully saturated rings. The molecular weight excluding hydrogens is 655 g/mol. The first-order chi connectivity index (χ1) is 29.7. The molecule has 0 amide bonds. The molecule has 0 aliphatic heterocycles. The number of fused-ring (bicyclic) bond motifs is 3. The van der Waals surface area contributed by atoms with Gasteiger partial charge >= 0.3 is 0 Å². The lowest BCUT2D eigenvalue weighted by Crippen LogP contribution is -2.00. The lowest BCUT2D eigenvalue weighted by molar-refractivity contribution is 1.07. The van der Waals surface area contributed by atoms with Gasteiger partial charge < -0.3 is 0 Å². The summed E-state index contributed by atoms with van der Waals surface area (Å²) in [4.78, 5) is 15.1. The van der Waals surface area contributed by atoms with Gasteiger partial charge in [-0.2, -0.15) is 0 Å². The normalized spacial score (nSPS) is 13.1. The zero-order valence-corrected chi connectivity index (χ0v) is 28.9. The van der Waals surface area contributed by atoms with Crippen LogP contribution in [0.5, 0.6) is 0 Å². The van der Waals surface area contributed by atoms with Crippen molar-refractivity contribution in [2.24, 2.45) is 0 Å². The molecule has 1 aromatic heterocycles. The predicted octanol–water partition coefficient (Wildman–Crippen LogP) is 13.3. The number of hydrogen-bond acceptors (Lipinski definition) is 3. The maximum absolute atomic E-state index is 9.21. The molecular formula is C51H33N3. The summed E-state index contributed by atoms with van der Waals surface area (Å²) in [5.74, 6) is 1.46. The largest absolute Gasteiger partial charge is 0.208 e. The molecule has 10 rings (SSSR count). The van der Waals surface area contributed by atoms with E-state index in [4.69, 9.17) is 23.2 Å². The molecule has 10 aromatic rings. The van der Waals surface area contributed by atoms with Crippen molar-refractivity contribution in [3.05, 3.63) is 200 Å². The third-order valence-corrected chi connectivity index (χ3v) is 9.79. The minimum absolute atomic E-state index is 0.0333. The van der Waals surface area contributed by atoms with Gasteiger partial charge in [0.25, 0.3) is 0 Å². The van der Waals surface area contributed by atoms with Gasteiger partial charge in [0.05, 0.1) is 9.60 Å². The zero-order chi connectivity index (χ0) is 41.9. The highest BCUT2D eigenvalue weighted by Gasteiger charge is 2.17. The van der Waals surface area contributed by atoms with Crippen molar-refractivity contribution < 1.29 is 9.60 Å². The fourth-order valence-corrected chi connectivity index (χ4v) is 7.16. The van der Waals surface area contributed by atoms with E-state index < -0.39 is 30.2 Å². The summed E-state index contributed by atoms with van der Waals surface area (Å²) < 4.78 is 61.4. The van der Waals surface area contributed by atoms with E-state index in [9.17, 15) is 1.37 Å². The van der Waals surface area contributed by atoms with Crippen LogP contribution in [0.2, 0.25) is 0 Å². The average Bonchev–Trinajstić information content (AvgIpc) is 3.31. The highest BCUT2D eigenvalue weighted by atomic mass is 15.0. The van der Waals surface area contributed by atoms with Crippen LogP contribution in [0.25, 0.3) is 99.9 Å². The number of hydrogen-bond donors (Lipinski definition) is 0. The molecule has 0 aliphatic carbocycles. The summed E-state index contributed by atoms with van der Waals surface area (Å²) in [6, 6.07) is 49.2. The van der Waals surface area contributed by atoms with Gasteiger partial charge in [0.2, 0.25) is 0 Å². The lowest BCUT2D eigenvalue weighted by atomic mass is 9.87. The van der Waals surface area contributed by atoms with Crippen LogP contribution in [0, 0.1) is 0 Å². The second-order valence-electron chi connectivity index (χ2n) is 13.1. The summed E-state index contributed by atoms with van der Waals surface area (Å²) in [6.07, 6.45) is 0. The molecule has 3 nitrogen and oxygen atoms in total. The summed E-state index contributed by atoms with van der Waals surface area (Å²) in [6.45, 7) is 0. The van der Waals surface area contributed by atoms with Crippen LogP contribution in [0.4, 0.5) is 0 Å². The third kappa shape index (κ3) is 5.78. The van der Waals surface area contributed by atoms with Crippen LogP contribution in [0.1, 0.15) is 9.60 Å². The van der Waals surface area contributed by atoms with Crippen molar-refractivity contribution in [2.45, 2.75) is 0 Å². The molecule has 1 heterocycles. The lowest BCUT2D eigenvalue weighted by Gasteiger charge is -2.17. The number of nitrogens with zero attached hydrogens (tertiary/aromatic N) is 3. The molecule has 0 saturated carbocycles. The van der Waals surface area contributed by atoms with E-state index >= 15 is 0 Å². The van der Waals surface area contributed by atoms with Gasteiger partial charge in [-0.1, -0.05) is 182 Å². The molecule has 0 unspecified atom stereocenters. The smallest absolute Gasteiger partial charge is 0.164 e. The fourth-order valence-electron chi connectivity index (χ4n) is 7.16. The second-order valence-corrected chi connectivity index (χ2v) is 13.1. The van der Waals surface area contributed by atoms with Crippen LogP contribution in [-0.4, -0.2) is 15.0 Å². The maximum Gasteiger partial charge on any atom is 0.164 e. The Morgan fingerprint density at radius 3 is 1.69 bits per heavy atom. The molecule has 252 valence electrons. The Balaban J connectivity index is 1.17. The van der Waals surface area contributed by atoms with Crippen LogP contribution in [0.3, 0.4) is 0 Å². The van der Waals surface area contributed by atoms with Crippen molar-refractivity contribution in [1.29, 1.82) is 0 Å². The molecule has 0 saturated heterocycles. The first-order valence-electron chi connectivity index (χ1n) is 21.2. The minimum atomic E-state index is -0.493. The van der Waals surface area contributed by atoms with Crippen molar-refractivity contribution >= 4 is 32.3 Å². The maximum atomic E-state index is 9.21. The Morgan fingerprint density at radius 1 is 0.315 bits per heavy atom. The van der Waals surface area contributed by atoms with E-state index in [1.165, 1.54) is 0 Å². The number of rotatable bonds is 6. The van der Waals surface area contributed by atoms with E-state index in [0.717, 1.165) is 49.4 Å². The molecule has 0 atom stereocenters. The SMILES string of the molecule is [2H]c1c([2H])c([2H])c2c(-c3ccc4ccccc4c3-c3cccc(-c4nc(-c5ccccc5)nc(-c5ccc6cc(-c7ccccc7)ccc6c5)n4)c3)c([2H])c([2H])c([2H])c2c1[2H]. The molecule has 3 heteroatoms. The Kier molecular flexibility index (Phi) is 6.17. The van der Waals surface area contributed by atoms with E-state index in [2.05, 4.69) is 42.5 Å². The van der Waals surface area contributed by atoms with Gasteiger partial charge in [0.1, 0.15) is 0 Å². The van der Waals surface area contributed by atoms with Gasteiger partial charge in [-0.05, 0) is 83.9 Å². The van der Waals surface area contributed by atoms with E-state index in [1.54, 1.807) is 0 Å². The van der Waals surface area contributed by atoms with Gasteiger partial charge in [0, 0.05) is 16.7 Å². The second kappa shape index (κ2) is 13.4. The molecule has 0 N–H and O–H groups in total. The predicted molar refractivity (Wildman–Crippen MR) is 225 cm³/mol. The summed E-state index contributed by atoms with van der Waals surface area (Å²) in [5, 5.41) is 3.83. The fraction of sp³-hybridized carbons (Fsp3) is 0. The average molecular weight is 695 g/mol. The molecule has 0 bridgehead atoms. The van der Waals surface area contributed by atoms with Crippen LogP contribution in [0.15, 0.2) is 200 Å². The molecule has 0 spiro atoms. The van der Waals surface area contributed by atoms with E-state index in [0.29, 0.717) is 34.2 Å². The molecule has 0 aliphatic rings. The summed E-state index contributed by atoms with van der Waals surface area (Å²) in [7, 11) is 0. The zero-order valence-electron chi connectivity index (χ0n) is 35.9. The molecule has 9 aromatic carbocycles. The standard InChI is InChI=1S/C51H33N3/c1-3-13-34(14-4-1)38-25-26-40-32-43(28-27-39(40)31-38)51-53-49(37-17-5-2-6-18-37)52-50(54-51)42-21-11-20-41(33-42)48-45-23-10-8-16-36(45)29-30-47(48)46-24-12-19-35-15-7-9-22-44(35)46/h1-33H/i7D,9D,12D,15D,19D,22D,24D. The Hall–Kier alpha value is -7.23. The Morgan fingerprint density at radius 2 is 0.889 bits per heavy atom. The first kappa shape index (κ1) is 24.9. The number of benzene rings is 9. The summed E-state index contributed by atoms with van der Waals surface area (Å²) >= 11 is 0. The molecule has 0 radical (unpaired) electrons. The van der Waals surface area contributed by atoms with Gasteiger partial charge in [-0.25, -0.2) is 15.0 Å². The first-order valence-corrected chi connectivity index (χ1v) is 17.7. The quantitative estimate of drug-likeness (QED) is 0.174. The van der Waals surface area contributed by atoms with E-state index in [1.807, 2.05) is 115 Å². The third-order valence-electron chi connectivity index (χ3n) is 9.79. The van der Waals surface area contributed by atoms with Crippen molar-refractivity contribution in [3.8, 4) is 67.5 Å².